The van der Waals surface area contributed by atoms with Gasteiger partial charge in [0.15, 0.2) is 0 Å². The van der Waals surface area contributed by atoms with Gasteiger partial charge in [0.05, 0.1) is 6.54 Å². The third kappa shape index (κ3) is 5.36. The number of nitrogens with one attached hydrogen (secondary N) is 1. The second-order valence-electron chi connectivity index (χ2n) is 4.32. The molecule has 0 radical (unpaired) electrons. The summed E-state index contributed by atoms with van der Waals surface area (Å²) in [7, 11) is 0. The third-order valence-electron chi connectivity index (χ3n) is 2.81. The van der Waals surface area contributed by atoms with Crippen LogP contribution >= 0.6 is 12.2 Å². The monoisotopic (exact) mass is 279 g/mol. The Bertz CT molecular complexity index is 448. The number of thiocarbonyl (C=S) groups is 1. The first kappa shape index (κ1) is 15.6. The molecule has 19 heavy (non-hydrogen) atoms. The van der Waals surface area contributed by atoms with E-state index >= 15 is 0 Å². The number of nitrogens with zero attached hydrogens (tertiary/aromatic N) is 1. The number of likely N-dealkylation sites (N-methyl/N-ethyl adjacent to an activating group) is 2. The van der Waals surface area contributed by atoms with E-state index in [-0.39, 0.29) is 5.91 Å². The van der Waals surface area contributed by atoms with E-state index in [0.29, 0.717) is 24.6 Å². The molecule has 1 aromatic carbocycles. The van der Waals surface area contributed by atoms with Crippen molar-refractivity contribution in [2.45, 2.75) is 20.4 Å². The van der Waals surface area contributed by atoms with Gasteiger partial charge in [0.1, 0.15) is 4.99 Å². The smallest absolute Gasteiger partial charge is 0.234 e. The average molecular weight is 279 g/mol. The Labute approximate surface area is 120 Å². The van der Waals surface area contributed by atoms with E-state index in [1.165, 1.54) is 0 Å². The Kier molecular flexibility index (Phi) is 6.45. The zero-order valence-electron chi connectivity index (χ0n) is 11.5. The van der Waals surface area contributed by atoms with Gasteiger partial charge in [-0.25, -0.2) is 0 Å². The molecule has 0 unspecified atom stereocenters. The maximum Gasteiger partial charge on any atom is 0.234 e. The maximum absolute atomic E-state index is 11.6. The molecule has 5 heteroatoms. The van der Waals surface area contributed by atoms with E-state index in [9.17, 15) is 4.79 Å². The normalized spacial score (nSPS) is 10.5. The number of rotatable bonds is 7. The van der Waals surface area contributed by atoms with Crippen molar-refractivity contribution in [2.24, 2.45) is 5.73 Å². The first-order valence-corrected chi connectivity index (χ1v) is 6.85. The van der Waals surface area contributed by atoms with Crippen molar-refractivity contribution >= 4 is 23.1 Å². The van der Waals surface area contributed by atoms with Crippen molar-refractivity contribution in [3.05, 3.63) is 35.4 Å². The summed E-state index contributed by atoms with van der Waals surface area (Å²) >= 11 is 4.97. The minimum absolute atomic E-state index is 0.0508. The van der Waals surface area contributed by atoms with Crippen molar-refractivity contribution in [2.75, 3.05) is 19.6 Å². The zero-order valence-corrected chi connectivity index (χ0v) is 12.3. The summed E-state index contributed by atoms with van der Waals surface area (Å²) in [6.45, 7) is 6.55. The molecule has 0 heterocycles. The lowest BCUT2D eigenvalue weighted by molar-refractivity contribution is -0.122. The predicted molar refractivity (Wildman–Crippen MR) is 82.0 cm³/mol. The Morgan fingerprint density at radius 3 is 2.74 bits per heavy atom. The molecule has 1 rings (SSSR count). The Hall–Kier alpha value is -1.46. The minimum atomic E-state index is 0.0508. The van der Waals surface area contributed by atoms with Crippen molar-refractivity contribution < 1.29 is 4.79 Å². The Balaban J connectivity index is 2.67. The summed E-state index contributed by atoms with van der Waals surface area (Å²) in [6.07, 6.45) is 0. The zero-order chi connectivity index (χ0) is 14.3. The number of carbonyl (C=O) groups excluding carboxylic acids is 1. The molecule has 0 saturated heterocycles. The molecule has 0 aromatic heterocycles. The lowest BCUT2D eigenvalue weighted by atomic mass is 10.1. The van der Waals surface area contributed by atoms with Crippen LogP contribution in [-0.4, -0.2) is 35.4 Å². The largest absolute Gasteiger partial charge is 0.389 e. The number of amides is 1. The second kappa shape index (κ2) is 7.86. The number of hydrogen-bond donors (Lipinski definition) is 2. The van der Waals surface area contributed by atoms with Crippen LogP contribution in [0, 0.1) is 0 Å². The number of hydrogen-bond acceptors (Lipinski definition) is 3. The lowest BCUT2D eigenvalue weighted by Gasteiger charge is -2.20. The van der Waals surface area contributed by atoms with E-state index in [0.717, 1.165) is 17.7 Å². The molecule has 0 aliphatic heterocycles. The van der Waals surface area contributed by atoms with Gasteiger partial charge in [0.25, 0.3) is 0 Å². The van der Waals surface area contributed by atoms with E-state index in [4.69, 9.17) is 18.0 Å². The van der Waals surface area contributed by atoms with E-state index in [1.807, 2.05) is 38.1 Å². The summed E-state index contributed by atoms with van der Waals surface area (Å²) < 4.78 is 0. The molecule has 0 fully saturated rings. The van der Waals surface area contributed by atoms with Gasteiger partial charge in [-0.3, -0.25) is 9.69 Å². The SMILES string of the molecule is CCNC(=O)CN(CC)Cc1cccc(C(N)=S)c1. The van der Waals surface area contributed by atoms with E-state index < -0.39 is 0 Å². The number of carbonyl (C=O) groups is 1. The summed E-state index contributed by atoms with van der Waals surface area (Å²) in [5, 5.41) is 2.80. The van der Waals surface area contributed by atoms with Crippen LogP contribution in [0.5, 0.6) is 0 Å². The number of benzene rings is 1. The van der Waals surface area contributed by atoms with Gasteiger partial charge in [-0.05, 0) is 25.1 Å². The van der Waals surface area contributed by atoms with Gasteiger partial charge in [-0.15, -0.1) is 0 Å². The molecule has 0 atom stereocenters. The highest BCUT2D eigenvalue weighted by Gasteiger charge is 2.09. The van der Waals surface area contributed by atoms with Gasteiger partial charge in [-0.2, -0.15) is 0 Å². The van der Waals surface area contributed by atoms with Gasteiger partial charge in [0.2, 0.25) is 5.91 Å². The summed E-state index contributed by atoms with van der Waals surface area (Å²) in [5.74, 6) is 0.0508. The molecule has 0 bridgehead atoms. The van der Waals surface area contributed by atoms with Crippen molar-refractivity contribution in [1.29, 1.82) is 0 Å². The minimum Gasteiger partial charge on any atom is -0.389 e. The van der Waals surface area contributed by atoms with Crippen LogP contribution in [0.15, 0.2) is 24.3 Å². The van der Waals surface area contributed by atoms with Crippen LogP contribution in [0.1, 0.15) is 25.0 Å². The second-order valence-corrected chi connectivity index (χ2v) is 4.76. The molecular weight excluding hydrogens is 258 g/mol. The first-order chi connectivity index (χ1) is 9.06. The van der Waals surface area contributed by atoms with Crippen molar-refractivity contribution in [3.8, 4) is 0 Å². The molecule has 1 aromatic rings. The third-order valence-corrected chi connectivity index (χ3v) is 3.04. The molecule has 3 N–H and O–H groups in total. The Morgan fingerprint density at radius 2 is 2.16 bits per heavy atom. The highest BCUT2D eigenvalue weighted by molar-refractivity contribution is 7.80. The van der Waals surface area contributed by atoms with E-state index in [1.54, 1.807) is 0 Å². The molecule has 0 saturated carbocycles. The van der Waals surface area contributed by atoms with Crippen LogP contribution in [0.2, 0.25) is 0 Å². The number of nitrogens with two attached hydrogens (primary N) is 1. The van der Waals surface area contributed by atoms with Crippen molar-refractivity contribution in [1.82, 2.24) is 10.2 Å². The average Bonchev–Trinajstić information content (AvgIpc) is 2.38. The Morgan fingerprint density at radius 1 is 1.42 bits per heavy atom. The molecule has 4 nitrogen and oxygen atoms in total. The predicted octanol–water partition coefficient (Wildman–Crippen LogP) is 1.28. The fourth-order valence-corrected chi connectivity index (χ4v) is 1.94. The van der Waals surface area contributed by atoms with Gasteiger partial charge in [-0.1, -0.05) is 37.3 Å². The molecular formula is C14H21N3OS. The molecule has 1 amide bonds. The highest BCUT2D eigenvalue weighted by Crippen LogP contribution is 2.08. The lowest BCUT2D eigenvalue weighted by Crippen LogP contribution is -2.36. The molecule has 0 spiro atoms. The van der Waals surface area contributed by atoms with Crippen molar-refractivity contribution in [3.63, 3.8) is 0 Å². The molecule has 0 aliphatic carbocycles. The first-order valence-electron chi connectivity index (χ1n) is 6.44. The summed E-state index contributed by atoms with van der Waals surface area (Å²) in [6, 6.07) is 7.82. The standard InChI is InChI=1S/C14H21N3OS/c1-3-16-13(18)10-17(4-2)9-11-6-5-7-12(8-11)14(15)19/h5-8H,3-4,9-10H2,1-2H3,(H2,15,19)(H,16,18). The quantitative estimate of drug-likeness (QED) is 0.738. The fourth-order valence-electron chi connectivity index (χ4n) is 1.82. The van der Waals surface area contributed by atoms with Crippen LogP contribution in [0.4, 0.5) is 0 Å². The van der Waals surface area contributed by atoms with Gasteiger partial charge < -0.3 is 11.1 Å². The van der Waals surface area contributed by atoms with Crippen LogP contribution < -0.4 is 11.1 Å². The molecule has 104 valence electrons. The fraction of sp³-hybridized carbons (Fsp3) is 0.429. The van der Waals surface area contributed by atoms with Gasteiger partial charge in [0, 0.05) is 18.7 Å². The van der Waals surface area contributed by atoms with Crippen LogP contribution in [-0.2, 0) is 11.3 Å². The summed E-state index contributed by atoms with van der Waals surface area (Å²) in [4.78, 5) is 14.1. The van der Waals surface area contributed by atoms with Gasteiger partial charge >= 0.3 is 0 Å². The molecule has 0 aliphatic rings. The topological polar surface area (TPSA) is 58.4 Å². The highest BCUT2D eigenvalue weighted by atomic mass is 32.1. The summed E-state index contributed by atoms with van der Waals surface area (Å²) in [5.41, 5.74) is 7.59. The van der Waals surface area contributed by atoms with Crippen LogP contribution in [0.25, 0.3) is 0 Å². The van der Waals surface area contributed by atoms with E-state index in [2.05, 4.69) is 10.2 Å². The maximum atomic E-state index is 11.6. The van der Waals surface area contributed by atoms with Crippen LogP contribution in [0.3, 0.4) is 0 Å².